The van der Waals surface area contributed by atoms with E-state index in [4.69, 9.17) is 4.84 Å². The number of anilines is 2. The molecule has 7 heteroatoms. The molecule has 1 fully saturated rings. The van der Waals surface area contributed by atoms with Gasteiger partial charge in [-0.3, -0.25) is 9.63 Å². The molecule has 2 N–H and O–H groups in total. The third-order valence-corrected chi connectivity index (χ3v) is 5.39. The molecule has 1 aliphatic carbocycles. The molecule has 30 heavy (non-hydrogen) atoms. The lowest BCUT2D eigenvalue weighted by Gasteiger charge is -2.16. The molecule has 1 amide bonds. The van der Waals surface area contributed by atoms with Crippen LogP contribution in [0, 0.1) is 25.6 Å². The van der Waals surface area contributed by atoms with E-state index < -0.39 is 11.7 Å². The Kier molecular flexibility index (Phi) is 5.72. The molecule has 0 bridgehead atoms. The second-order valence-corrected chi connectivity index (χ2v) is 8.05. The summed E-state index contributed by atoms with van der Waals surface area (Å²) in [5.74, 6) is -0.522. The largest absolute Gasteiger partial charge is 0.352 e. The SMILES string of the molecule is CCCn1cnc2c(F)c(Nc3ccc(C)cc3C)c(C(=O)NOCC3CC3)cc21. The maximum Gasteiger partial charge on any atom is 0.277 e. The number of halogens is 1. The van der Waals surface area contributed by atoms with Crippen molar-refractivity contribution in [2.45, 2.75) is 46.6 Å². The first-order valence-corrected chi connectivity index (χ1v) is 10.4. The number of rotatable bonds is 8. The molecule has 0 aliphatic heterocycles. The lowest BCUT2D eigenvalue weighted by atomic mass is 10.1. The third kappa shape index (κ3) is 4.16. The molecule has 0 unspecified atom stereocenters. The van der Waals surface area contributed by atoms with E-state index in [1.807, 2.05) is 43.5 Å². The van der Waals surface area contributed by atoms with Gasteiger partial charge in [0.2, 0.25) is 0 Å². The van der Waals surface area contributed by atoms with Crippen LogP contribution in [0.25, 0.3) is 11.0 Å². The fourth-order valence-electron chi connectivity index (χ4n) is 3.53. The van der Waals surface area contributed by atoms with Crippen molar-refractivity contribution in [3.05, 3.63) is 53.1 Å². The van der Waals surface area contributed by atoms with Crippen LogP contribution in [-0.2, 0) is 11.4 Å². The molecule has 2 aromatic carbocycles. The van der Waals surface area contributed by atoms with Crippen molar-refractivity contribution in [2.24, 2.45) is 5.92 Å². The van der Waals surface area contributed by atoms with Crippen LogP contribution in [0.4, 0.5) is 15.8 Å². The molecule has 0 radical (unpaired) electrons. The van der Waals surface area contributed by atoms with Gasteiger partial charge < -0.3 is 9.88 Å². The fraction of sp³-hybridized carbons (Fsp3) is 0.391. The van der Waals surface area contributed by atoms with Gasteiger partial charge in [-0.1, -0.05) is 24.6 Å². The second-order valence-electron chi connectivity index (χ2n) is 8.05. The van der Waals surface area contributed by atoms with Crippen LogP contribution in [0.5, 0.6) is 0 Å². The highest BCUT2D eigenvalue weighted by Crippen LogP contribution is 2.32. The average Bonchev–Trinajstić information content (AvgIpc) is 3.45. The second kappa shape index (κ2) is 8.44. The van der Waals surface area contributed by atoms with E-state index in [9.17, 15) is 4.79 Å². The van der Waals surface area contributed by atoms with E-state index >= 15 is 4.39 Å². The number of aromatic nitrogens is 2. The number of carbonyl (C=O) groups is 1. The van der Waals surface area contributed by atoms with E-state index in [1.54, 1.807) is 12.4 Å². The number of imidazole rings is 1. The number of amides is 1. The topological polar surface area (TPSA) is 68.2 Å². The Bertz CT molecular complexity index is 1090. The number of aryl methyl sites for hydroxylation is 3. The van der Waals surface area contributed by atoms with Gasteiger partial charge in [0.05, 0.1) is 29.7 Å². The molecular weight excluding hydrogens is 383 g/mol. The van der Waals surface area contributed by atoms with E-state index in [0.717, 1.165) is 36.1 Å². The van der Waals surface area contributed by atoms with Crippen LogP contribution >= 0.6 is 0 Å². The Morgan fingerprint density at radius 1 is 1.30 bits per heavy atom. The zero-order chi connectivity index (χ0) is 21.3. The van der Waals surface area contributed by atoms with Crippen LogP contribution in [0.15, 0.2) is 30.6 Å². The molecule has 1 heterocycles. The van der Waals surface area contributed by atoms with Gasteiger partial charge >= 0.3 is 0 Å². The van der Waals surface area contributed by atoms with Crippen molar-refractivity contribution < 1.29 is 14.0 Å². The minimum Gasteiger partial charge on any atom is -0.352 e. The van der Waals surface area contributed by atoms with Gasteiger partial charge in [0.15, 0.2) is 5.82 Å². The zero-order valence-electron chi connectivity index (χ0n) is 17.6. The van der Waals surface area contributed by atoms with Gasteiger partial charge in [0.25, 0.3) is 5.91 Å². The monoisotopic (exact) mass is 410 g/mol. The predicted octanol–water partition coefficient (Wildman–Crippen LogP) is 5.02. The molecule has 6 nitrogen and oxygen atoms in total. The number of carbonyl (C=O) groups excluding carboxylic acids is 1. The van der Waals surface area contributed by atoms with Gasteiger partial charge in [-0.15, -0.1) is 0 Å². The van der Waals surface area contributed by atoms with Crippen molar-refractivity contribution in [3.63, 3.8) is 0 Å². The predicted molar refractivity (Wildman–Crippen MR) is 115 cm³/mol. The van der Waals surface area contributed by atoms with Crippen LogP contribution in [0.3, 0.4) is 0 Å². The van der Waals surface area contributed by atoms with Gasteiger partial charge in [0.1, 0.15) is 5.52 Å². The maximum absolute atomic E-state index is 15.5. The van der Waals surface area contributed by atoms with E-state index in [-0.39, 0.29) is 16.8 Å². The van der Waals surface area contributed by atoms with Crippen molar-refractivity contribution in [1.29, 1.82) is 0 Å². The minimum absolute atomic E-state index is 0.101. The highest BCUT2D eigenvalue weighted by Gasteiger charge is 2.24. The van der Waals surface area contributed by atoms with Crippen molar-refractivity contribution >= 4 is 28.3 Å². The Balaban J connectivity index is 1.74. The summed E-state index contributed by atoms with van der Waals surface area (Å²) in [6.07, 6.45) is 4.73. The molecule has 0 atom stereocenters. The Labute approximate surface area is 175 Å². The summed E-state index contributed by atoms with van der Waals surface area (Å²) in [4.78, 5) is 22.5. The van der Waals surface area contributed by atoms with Gasteiger partial charge in [-0.25, -0.2) is 14.9 Å². The first-order chi connectivity index (χ1) is 14.5. The van der Waals surface area contributed by atoms with Gasteiger partial charge in [-0.2, -0.15) is 0 Å². The first kappa shape index (κ1) is 20.3. The average molecular weight is 410 g/mol. The highest BCUT2D eigenvalue weighted by atomic mass is 19.1. The first-order valence-electron chi connectivity index (χ1n) is 10.4. The number of benzene rings is 2. The lowest BCUT2D eigenvalue weighted by molar-refractivity contribution is 0.0271. The number of hydroxylamine groups is 1. The number of nitrogens with one attached hydrogen (secondary N) is 2. The summed E-state index contributed by atoms with van der Waals surface area (Å²) in [5, 5.41) is 3.12. The summed E-state index contributed by atoms with van der Waals surface area (Å²) in [7, 11) is 0. The molecule has 4 rings (SSSR count). The number of fused-ring (bicyclic) bond motifs is 1. The van der Waals surface area contributed by atoms with Crippen molar-refractivity contribution in [3.8, 4) is 0 Å². The Hall–Kier alpha value is -2.93. The third-order valence-electron chi connectivity index (χ3n) is 5.39. The van der Waals surface area contributed by atoms with Crippen LogP contribution in [-0.4, -0.2) is 22.1 Å². The molecule has 158 valence electrons. The number of hydrogen-bond donors (Lipinski definition) is 2. The van der Waals surface area contributed by atoms with Gasteiger partial charge in [-0.05, 0) is 56.7 Å². The Morgan fingerprint density at radius 3 is 2.80 bits per heavy atom. The summed E-state index contributed by atoms with van der Waals surface area (Å²) in [5.41, 5.74) is 6.41. The van der Waals surface area contributed by atoms with E-state index in [1.165, 1.54) is 0 Å². The summed E-state index contributed by atoms with van der Waals surface area (Å²) < 4.78 is 17.4. The smallest absolute Gasteiger partial charge is 0.277 e. The van der Waals surface area contributed by atoms with Crippen molar-refractivity contribution in [1.82, 2.24) is 15.0 Å². The fourth-order valence-corrected chi connectivity index (χ4v) is 3.53. The van der Waals surface area contributed by atoms with Crippen LogP contribution in [0.2, 0.25) is 0 Å². The molecule has 1 aromatic heterocycles. The van der Waals surface area contributed by atoms with E-state index in [2.05, 4.69) is 15.8 Å². The maximum atomic E-state index is 15.5. The molecule has 1 aliphatic rings. The van der Waals surface area contributed by atoms with Gasteiger partial charge in [0, 0.05) is 12.2 Å². The molecule has 3 aromatic rings. The van der Waals surface area contributed by atoms with Crippen LogP contribution < -0.4 is 10.8 Å². The van der Waals surface area contributed by atoms with Crippen molar-refractivity contribution in [2.75, 3.05) is 11.9 Å². The lowest BCUT2D eigenvalue weighted by Crippen LogP contribution is -2.26. The summed E-state index contributed by atoms with van der Waals surface area (Å²) in [6, 6.07) is 7.52. The highest BCUT2D eigenvalue weighted by molar-refractivity contribution is 6.04. The quantitative estimate of drug-likeness (QED) is 0.512. The molecule has 1 saturated carbocycles. The minimum atomic E-state index is -0.547. The Morgan fingerprint density at radius 2 is 2.10 bits per heavy atom. The van der Waals surface area contributed by atoms with E-state index in [0.29, 0.717) is 24.6 Å². The molecule has 0 spiro atoms. The normalized spacial score (nSPS) is 13.6. The summed E-state index contributed by atoms with van der Waals surface area (Å²) in [6.45, 7) is 7.15. The number of hydrogen-bond acceptors (Lipinski definition) is 4. The van der Waals surface area contributed by atoms with Crippen LogP contribution in [0.1, 0.15) is 47.7 Å². The number of nitrogens with zero attached hydrogens (tertiary/aromatic N) is 2. The zero-order valence-corrected chi connectivity index (χ0v) is 17.6. The summed E-state index contributed by atoms with van der Waals surface area (Å²) >= 11 is 0. The molecular formula is C23H27FN4O2. The molecule has 0 saturated heterocycles. The standard InChI is InChI=1S/C23H27FN4O2/c1-4-9-28-13-25-22-19(28)11-17(23(29)27-30-12-16-6-7-16)21(20(22)24)26-18-8-5-14(2)10-15(18)3/h5,8,10-11,13,16,26H,4,6-7,9,12H2,1-3H3,(H,27,29).